The summed E-state index contributed by atoms with van der Waals surface area (Å²) in [5, 5.41) is 3.63. The van der Waals surface area contributed by atoms with Crippen molar-refractivity contribution in [3.63, 3.8) is 0 Å². The molecule has 3 nitrogen and oxygen atoms in total. The van der Waals surface area contributed by atoms with Crippen molar-refractivity contribution in [2.75, 3.05) is 5.75 Å². The first-order chi connectivity index (χ1) is 9.00. The molecule has 0 saturated heterocycles. The number of benzene rings is 1. The molecule has 19 heavy (non-hydrogen) atoms. The number of hydrogen-bond donors (Lipinski definition) is 1. The molecule has 1 aliphatic carbocycles. The van der Waals surface area contributed by atoms with Crippen LogP contribution in [0, 0.1) is 0 Å². The molecule has 0 spiro atoms. The quantitative estimate of drug-likeness (QED) is 0.905. The zero-order chi connectivity index (χ0) is 13.5. The third kappa shape index (κ3) is 2.43. The van der Waals surface area contributed by atoms with Gasteiger partial charge in [-0.15, -0.1) is 0 Å². The van der Waals surface area contributed by atoms with Gasteiger partial charge in [-0.2, -0.15) is 0 Å². The number of rotatable bonds is 2. The van der Waals surface area contributed by atoms with Crippen molar-refractivity contribution in [3.8, 4) is 0 Å². The Hall–Kier alpha value is -0.870. The lowest BCUT2D eigenvalue weighted by Gasteiger charge is -2.37. The summed E-state index contributed by atoms with van der Waals surface area (Å²) in [6.07, 6.45) is 6.07. The van der Waals surface area contributed by atoms with Crippen LogP contribution >= 0.6 is 0 Å². The molecule has 0 amide bonds. The van der Waals surface area contributed by atoms with Gasteiger partial charge in [-0.1, -0.05) is 37.5 Å². The third-order valence-corrected chi connectivity index (χ3v) is 6.31. The van der Waals surface area contributed by atoms with Crippen LogP contribution < -0.4 is 5.32 Å². The lowest BCUT2D eigenvalue weighted by molar-refractivity contribution is 0.235. The van der Waals surface area contributed by atoms with Crippen LogP contribution in [0.2, 0.25) is 0 Å². The van der Waals surface area contributed by atoms with Crippen LogP contribution in [0.5, 0.6) is 0 Å². The first kappa shape index (κ1) is 13.1. The molecule has 0 aromatic heterocycles. The average molecular weight is 279 g/mol. The van der Waals surface area contributed by atoms with Crippen molar-refractivity contribution in [2.45, 2.75) is 55.5 Å². The topological polar surface area (TPSA) is 46.2 Å². The monoisotopic (exact) mass is 279 g/mol. The Morgan fingerprint density at radius 1 is 1.16 bits per heavy atom. The second-order valence-corrected chi connectivity index (χ2v) is 8.14. The van der Waals surface area contributed by atoms with Gasteiger partial charge >= 0.3 is 0 Å². The maximum atomic E-state index is 12.2. The fraction of sp³-hybridized carbons (Fsp3) is 0.600. The summed E-state index contributed by atoms with van der Waals surface area (Å²) in [5.74, 6) is 0.210. The molecule has 2 aliphatic rings. The highest BCUT2D eigenvalue weighted by atomic mass is 32.2. The minimum absolute atomic E-state index is 0.0377. The largest absolute Gasteiger partial charge is 0.304 e. The van der Waals surface area contributed by atoms with Crippen molar-refractivity contribution in [2.24, 2.45) is 0 Å². The molecular formula is C15H21NO2S. The van der Waals surface area contributed by atoms with E-state index in [0.717, 1.165) is 18.4 Å². The summed E-state index contributed by atoms with van der Waals surface area (Å²) in [5.41, 5.74) is 1.05. The summed E-state index contributed by atoms with van der Waals surface area (Å²) in [4.78, 5) is 0.520. The Bertz CT molecular complexity index is 574. The van der Waals surface area contributed by atoms with Crippen molar-refractivity contribution in [3.05, 3.63) is 29.8 Å². The minimum Gasteiger partial charge on any atom is -0.304 e. The maximum absolute atomic E-state index is 12.2. The predicted molar refractivity (Wildman–Crippen MR) is 75.9 cm³/mol. The van der Waals surface area contributed by atoms with Crippen molar-refractivity contribution in [1.29, 1.82) is 0 Å². The van der Waals surface area contributed by atoms with Crippen LogP contribution in [0.1, 0.15) is 50.6 Å². The van der Waals surface area contributed by atoms with Gasteiger partial charge < -0.3 is 5.32 Å². The zero-order valence-electron chi connectivity index (χ0n) is 11.4. The summed E-state index contributed by atoms with van der Waals surface area (Å²) in [7, 11) is -3.09. The van der Waals surface area contributed by atoms with Crippen LogP contribution in [0.3, 0.4) is 0 Å². The first-order valence-corrected chi connectivity index (χ1v) is 8.75. The lowest BCUT2D eigenvalue weighted by atomic mass is 9.82. The molecule has 3 rings (SSSR count). The number of hydrogen-bond acceptors (Lipinski definition) is 3. The Morgan fingerprint density at radius 2 is 1.84 bits per heavy atom. The molecule has 1 aromatic rings. The molecule has 1 aliphatic heterocycles. The molecule has 1 unspecified atom stereocenters. The smallest absolute Gasteiger partial charge is 0.180 e. The molecule has 1 heterocycles. The first-order valence-electron chi connectivity index (χ1n) is 7.10. The maximum Gasteiger partial charge on any atom is 0.180 e. The van der Waals surface area contributed by atoms with Gasteiger partial charge in [-0.05, 0) is 31.4 Å². The predicted octanol–water partition coefficient (Wildman–Crippen LogP) is 2.83. The van der Waals surface area contributed by atoms with Gasteiger partial charge in [0.05, 0.1) is 10.6 Å². The standard InChI is InChI=1S/C15H21NO2S/c1-15(9-5-2-6-10-15)16-13-11-19(17,18)14-8-4-3-7-12(13)14/h3-4,7-8,13,16H,2,5-6,9-11H2,1H3. The molecule has 4 heteroatoms. The van der Waals surface area contributed by atoms with Crippen LogP contribution in [-0.2, 0) is 9.84 Å². The Labute approximate surface area is 115 Å². The summed E-state index contributed by atoms with van der Waals surface area (Å²) >= 11 is 0. The Morgan fingerprint density at radius 3 is 2.58 bits per heavy atom. The normalized spacial score (nSPS) is 27.9. The molecule has 1 atom stereocenters. The van der Waals surface area contributed by atoms with Crippen molar-refractivity contribution >= 4 is 9.84 Å². The second kappa shape index (κ2) is 4.60. The highest BCUT2D eigenvalue weighted by Crippen LogP contribution is 2.37. The van der Waals surface area contributed by atoms with Crippen molar-refractivity contribution in [1.82, 2.24) is 5.32 Å². The molecule has 0 bridgehead atoms. The van der Waals surface area contributed by atoms with E-state index in [1.807, 2.05) is 12.1 Å². The van der Waals surface area contributed by atoms with Crippen LogP contribution in [0.25, 0.3) is 0 Å². The fourth-order valence-electron chi connectivity index (χ4n) is 3.47. The van der Waals surface area contributed by atoms with Gasteiger partial charge in [-0.25, -0.2) is 8.42 Å². The van der Waals surface area contributed by atoms with Gasteiger partial charge in [0.25, 0.3) is 0 Å². The SMILES string of the molecule is CC1(NC2CS(=O)(=O)c3ccccc32)CCCCC1. The number of nitrogens with one attached hydrogen (secondary N) is 1. The highest BCUT2D eigenvalue weighted by Gasteiger charge is 2.38. The van der Waals surface area contributed by atoms with Gasteiger partial charge in [0, 0.05) is 11.6 Å². The molecule has 1 N–H and O–H groups in total. The van der Waals surface area contributed by atoms with Gasteiger partial charge in [0.2, 0.25) is 0 Å². The lowest BCUT2D eigenvalue weighted by Crippen LogP contribution is -2.46. The van der Waals surface area contributed by atoms with E-state index in [2.05, 4.69) is 12.2 Å². The average Bonchev–Trinajstić information content (AvgIpc) is 2.62. The van der Waals surface area contributed by atoms with E-state index < -0.39 is 9.84 Å². The van der Waals surface area contributed by atoms with E-state index in [4.69, 9.17) is 0 Å². The van der Waals surface area contributed by atoms with E-state index in [1.165, 1.54) is 19.3 Å². The van der Waals surface area contributed by atoms with Crippen LogP contribution in [-0.4, -0.2) is 19.7 Å². The number of sulfone groups is 1. The number of fused-ring (bicyclic) bond motifs is 1. The molecule has 1 aromatic carbocycles. The van der Waals surface area contributed by atoms with E-state index in [1.54, 1.807) is 12.1 Å². The molecular weight excluding hydrogens is 258 g/mol. The fourth-order valence-corrected chi connectivity index (χ4v) is 5.20. The second-order valence-electron chi connectivity index (χ2n) is 6.14. The minimum atomic E-state index is -3.09. The molecule has 1 saturated carbocycles. The Kier molecular flexibility index (Phi) is 3.18. The van der Waals surface area contributed by atoms with E-state index >= 15 is 0 Å². The van der Waals surface area contributed by atoms with Gasteiger partial charge in [0.1, 0.15) is 0 Å². The summed E-state index contributed by atoms with van der Waals surface area (Å²) in [6.45, 7) is 2.24. The zero-order valence-corrected chi connectivity index (χ0v) is 12.2. The molecule has 1 fully saturated rings. The van der Waals surface area contributed by atoms with Gasteiger partial charge in [-0.3, -0.25) is 0 Å². The van der Waals surface area contributed by atoms with Crippen molar-refractivity contribution < 1.29 is 8.42 Å². The van der Waals surface area contributed by atoms with Crippen LogP contribution in [0.4, 0.5) is 0 Å². The van der Waals surface area contributed by atoms with E-state index in [-0.39, 0.29) is 17.3 Å². The van der Waals surface area contributed by atoms with E-state index in [0.29, 0.717) is 4.90 Å². The molecule has 104 valence electrons. The van der Waals surface area contributed by atoms with Crippen LogP contribution in [0.15, 0.2) is 29.2 Å². The van der Waals surface area contributed by atoms with E-state index in [9.17, 15) is 8.42 Å². The summed E-state index contributed by atoms with van der Waals surface area (Å²) in [6, 6.07) is 7.38. The Balaban J connectivity index is 1.88. The summed E-state index contributed by atoms with van der Waals surface area (Å²) < 4.78 is 24.3. The highest BCUT2D eigenvalue weighted by molar-refractivity contribution is 7.91. The third-order valence-electron chi connectivity index (χ3n) is 4.50. The van der Waals surface area contributed by atoms with Gasteiger partial charge in [0.15, 0.2) is 9.84 Å². The molecule has 0 radical (unpaired) electrons.